The molecule has 0 aliphatic rings. The third-order valence-electron chi connectivity index (χ3n) is 0.800. The van der Waals surface area contributed by atoms with E-state index in [2.05, 4.69) is 0 Å². The Hall–Kier alpha value is -1.72. The Balaban J connectivity index is -0.000000180. The summed E-state index contributed by atoms with van der Waals surface area (Å²) in [6, 6.07) is 0. The van der Waals surface area contributed by atoms with Crippen molar-refractivity contribution in [1.29, 1.82) is 0 Å². The molecular weight excluding hydrogens is 204 g/mol. The molecule has 0 saturated carbocycles. The van der Waals surface area contributed by atoms with Crippen LogP contribution in [0.1, 0.15) is 34.1 Å². The first-order valence-corrected chi connectivity index (χ1v) is 3.68. The van der Waals surface area contributed by atoms with E-state index in [1.165, 1.54) is 13.8 Å². The van der Waals surface area contributed by atoms with Crippen LogP contribution in [0.25, 0.3) is 0 Å². The standard InChI is InChI=1S/2C4H6O3.CH4/c2*1-3(5)2-4(6)7;/h2*2H2,1H3,(H,6,7);1H4. The van der Waals surface area contributed by atoms with Gasteiger partial charge in [-0.15, -0.1) is 0 Å². The molecule has 15 heavy (non-hydrogen) atoms. The molecule has 0 rings (SSSR count). The Bertz CT molecular complexity index is 193. The molecule has 2 N–H and O–H groups in total. The quantitative estimate of drug-likeness (QED) is 0.676. The van der Waals surface area contributed by atoms with E-state index in [1.54, 1.807) is 0 Å². The van der Waals surface area contributed by atoms with Gasteiger partial charge in [0.05, 0.1) is 0 Å². The molecule has 0 radical (unpaired) electrons. The Kier molecular flexibility index (Phi) is 13.1. The van der Waals surface area contributed by atoms with Crippen LogP contribution in [0.5, 0.6) is 0 Å². The van der Waals surface area contributed by atoms with Gasteiger partial charge in [-0.05, 0) is 13.8 Å². The fraction of sp³-hybridized carbons (Fsp3) is 0.556. The molecule has 88 valence electrons. The van der Waals surface area contributed by atoms with Crippen LogP contribution in [0.2, 0.25) is 0 Å². The molecule has 6 nitrogen and oxygen atoms in total. The smallest absolute Gasteiger partial charge is 0.310 e. The third kappa shape index (κ3) is 32.9. The van der Waals surface area contributed by atoms with E-state index in [1.807, 2.05) is 0 Å². The molecule has 0 saturated heterocycles. The number of Topliss-reactive ketones (excluding diaryl/α,β-unsaturated/α-hetero) is 2. The lowest BCUT2D eigenvalue weighted by molar-refractivity contribution is -0.141. The number of carboxylic acid groups (broad SMARTS) is 2. The first-order chi connectivity index (χ1) is 6.25. The second kappa shape index (κ2) is 10.4. The fourth-order valence-corrected chi connectivity index (χ4v) is 0.426. The first-order valence-electron chi connectivity index (χ1n) is 3.68. The maximum absolute atomic E-state index is 9.87. The van der Waals surface area contributed by atoms with Gasteiger partial charge in [0.15, 0.2) is 0 Å². The van der Waals surface area contributed by atoms with Crippen molar-refractivity contribution in [3.8, 4) is 0 Å². The number of hydrogen-bond acceptors (Lipinski definition) is 4. The number of carbonyl (C=O) groups excluding carboxylic acids is 2. The molecule has 0 aliphatic carbocycles. The van der Waals surface area contributed by atoms with Crippen LogP contribution in [0.15, 0.2) is 0 Å². The molecule has 0 amide bonds. The largest absolute Gasteiger partial charge is 0.481 e. The molecule has 0 fully saturated rings. The highest BCUT2D eigenvalue weighted by Gasteiger charge is 1.98. The molecule has 0 aromatic heterocycles. The van der Waals surface area contributed by atoms with Crippen LogP contribution >= 0.6 is 0 Å². The van der Waals surface area contributed by atoms with E-state index in [-0.39, 0.29) is 31.8 Å². The molecule has 0 aliphatic heterocycles. The monoisotopic (exact) mass is 220 g/mol. The number of aliphatic carboxylic acids is 2. The fourth-order valence-electron chi connectivity index (χ4n) is 0.426. The minimum atomic E-state index is -1.06. The zero-order chi connectivity index (χ0) is 11.7. The van der Waals surface area contributed by atoms with Crippen molar-refractivity contribution in [1.82, 2.24) is 0 Å². The van der Waals surface area contributed by atoms with Gasteiger partial charge in [0, 0.05) is 0 Å². The van der Waals surface area contributed by atoms with Crippen molar-refractivity contribution >= 4 is 23.5 Å². The van der Waals surface area contributed by atoms with Crippen LogP contribution in [-0.4, -0.2) is 33.7 Å². The lowest BCUT2D eigenvalue weighted by Gasteiger charge is -1.80. The summed E-state index contributed by atoms with van der Waals surface area (Å²) >= 11 is 0. The summed E-state index contributed by atoms with van der Waals surface area (Å²) in [5.41, 5.74) is 0. The summed E-state index contributed by atoms with van der Waals surface area (Å²) < 4.78 is 0. The van der Waals surface area contributed by atoms with Gasteiger partial charge in [-0.3, -0.25) is 19.2 Å². The SMILES string of the molecule is C.CC(=O)CC(=O)O.CC(=O)CC(=O)O. The number of hydrogen-bond donors (Lipinski definition) is 2. The molecule has 0 aromatic carbocycles. The second-order valence-corrected chi connectivity index (χ2v) is 2.55. The van der Waals surface area contributed by atoms with E-state index in [9.17, 15) is 19.2 Å². The van der Waals surface area contributed by atoms with Crippen LogP contribution in [0, 0.1) is 0 Å². The van der Waals surface area contributed by atoms with Crippen LogP contribution in [-0.2, 0) is 19.2 Å². The second-order valence-electron chi connectivity index (χ2n) is 2.55. The Morgan fingerprint density at radius 3 is 1.00 bits per heavy atom. The summed E-state index contributed by atoms with van der Waals surface area (Å²) in [5.74, 6) is -2.75. The van der Waals surface area contributed by atoms with Gasteiger partial charge in [0.2, 0.25) is 0 Å². The summed E-state index contributed by atoms with van der Waals surface area (Å²) in [6.45, 7) is 2.49. The Morgan fingerprint density at radius 2 is 1.00 bits per heavy atom. The molecule has 0 heterocycles. The van der Waals surface area contributed by atoms with Gasteiger partial charge in [-0.2, -0.15) is 0 Å². The number of rotatable bonds is 4. The van der Waals surface area contributed by atoms with Crippen molar-refractivity contribution in [2.75, 3.05) is 0 Å². The van der Waals surface area contributed by atoms with Crippen LogP contribution < -0.4 is 0 Å². The third-order valence-corrected chi connectivity index (χ3v) is 0.800. The average molecular weight is 220 g/mol. The normalized spacial score (nSPS) is 7.60. The first kappa shape index (κ1) is 18.9. The minimum Gasteiger partial charge on any atom is -0.481 e. The van der Waals surface area contributed by atoms with Gasteiger partial charge in [-0.1, -0.05) is 7.43 Å². The van der Waals surface area contributed by atoms with E-state index >= 15 is 0 Å². The lowest BCUT2D eigenvalue weighted by atomic mass is 10.3. The van der Waals surface area contributed by atoms with E-state index in [0.717, 1.165) is 0 Å². The highest BCUT2D eigenvalue weighted by Crippen LogP contribution is 1.78. The summed E-state index contributed by atoms with van der Waals surface area (Å²) in [5, 5.41) is 15.7. The van der Waals surface area contributed by atoms with Crippen molar-refractivity contribution in [2.45, 2.75) is 34.1 Å². The predicted molar refractivity (Wildman–Crippen MR) is 52.6 cm³/mol. The molecule has 0 atom stereocenters. The Morgan fingerprint density at radius 1 is 0.800 bits per heavy atom. The maximum Gasteiger partial charge on any atom is 0.310 e. The zero-order valence-corrected chi connectivity index (χ0v) is 7.94. The van der Waals surface area contributed by atoms with Crippen LogP contribution in [0.4, 0.5) is 0 Å². The average Bonchev–Trinajstić information content (AvgIpc) is 1.79. The summed E-state index contributed by atoms with van der Waals surface area (Å²) in [7, 11) is 0. The van der Waals surface area contributed by atoms with Gasteiger partial charge < -0.3 is 10.2 Å². The van der Waals surface area contributed by atoms with E-state index < -0.39 is 11.9 Å². The highest BCUT2D eigenvalue weighted by atomic mass is 16.4. The van der Waals surface area contributed by atoms with Gasteiger partial charge in [-0.25, -0.2) is 0 Å². The lowest BCUT2D eigenvalue weighted by Crippen LogP contribution is -2.00. The van der Waals surface area contributed by atoms with Crippen molar-refractivity contribution in [3.05, 3.63) is 0 Å². The molecule has 0 spiro atoms. The Labute approximate surface area is 87.9 Å². The van der Waals surface area contributed by atoms with Crippen molar-refractivity contribution in [2.24, 2.45) is 0 Å². The minimum absolute atomic E-state index is 0. The van der Waals surface area contributed by atoms with Gasteiger partial charge in [0.25, 0.3) is 0 Å². The van der Waals surface area contributed by atoms with E-state index in [4.69, 9.17) is 10.2 Å². The molecule has 0 unspecified atom stereocenters. The maximum atomic E-state index is 9.87. The summed E-state index contributed by atoms with van der Waals surface area (Å²) in [4.78, 5) is 38.9. The molecule has 0 bridgehead atoms. The van der Waals surface area contributed by atoms with Crippen molar-refractivity contribution in [3.63, 3.8) is 0 Å². The van der Waals surface area contributed by atoms with Gasteiger partial charge in [0.1, 0.15) is 24.4 Å². The molecular formula is C9H16O6. The number of carboxylic acids is 2. The van der Waals surface area contributed by atoms with Crippen LogP contribution in [0.3, 0.4) is 0 Å². The number of carbonyl (C=O) groups is 4. The topological polar surface area (TPSA) is 109 Å². The number of ketones is 2. The zero-order valence-electron chi connectivity index (χ0n) is 7.94. The van der Waals surface area contributed by atoms with Crippen molar-refractivity contribution < 1.29 is 29.4 Å². The summed E-state index contributed by atoms with van der Waals surface area (Å²) in [6.07, 6.45) is -0.722. The molecule has 6 heteroatoms. The highest BCUT2D eigenvalue weighted by molar-refractivity contribution is 5.93. The van der Waals surface area contributed by atoms with Gasteiger partial charge >= 0.3 is 11.9 Å². The predicted octanol–water partition coefficient (Wildman–Crippen LogP) is 0.736. The molecule has 0 aromatic rings. The van der Waals surface area contributed by atoms with E-state index in [0.29, 0.717) is 0 Å².